The summed E-state index contributed by atoms with van der Waals surface area (Å²) in [5, 5.41) is 10.9. The highest BCUT2D eigenvalue weighted by atomic mass is 35.5. The second-order valence-corrected chi connectivity index (χ2v) is 6.23. The number of benzene rings is 2. The Morgan fingerprint density at radius 3 is 2.21 bits per heavy atom. The number of nitrogens with one attached hydrogen (secondary N) is 1. The Morgan fingerprint density at radius 1 is 1.11 bits per heavy atom. The molecular weight excluding hydrogens is 384 g/mol. The molecular formula is C20H23ClN2O5. The van der Waals surface area contributed by atoms with Gasteiger partial charge in [0.05, 0.1) is 31.7 Å². The average molecular weight is 407 g/mol. The predicted octanol–water partition coefficient (Wildman–Crippen LogP) is -1.16. The summed E-state index contributed by atoms with van der Waals surface area (Å²) in [5.41, 5.74) is 1.65. The molecule has 0 unspecified atom stereocenters. The van der Waals surface area contributed by atoms with E-state index in [-0.39, 0.29) is 24.7 Å². The van der Waals surface area contributed by atoms with Gasteiger partial charge in [0.15, 0.2) is 0 Å². The highest BCUT2D eigenvalue weighted by molar-refractivity contribution is 6.21. The number of methoxy groups -OCH3 is 1. The standard InChI is InChI=1S/C20H22N2O5.ClH/c1-21(2)12-13-27-20(23)19(14-15-4-10-18(26-3)11-5-15)16-6-8-17(9-7-16)22(24)25;/h4-11,14H,12-13H2,1-3H3;1H/b19-14+;. The Labute approximate surface area is 170 Å². The maximum absolute atomic E-state index is 12.6. The Balaban J connectivity index is 0.00000392. The fourth-order valence-corrected chi connectivity index (χ4v) is 2.32. The number of carbonyl (C=O) groups is 1. The van der Waals surface area contributed by atoms with Gasteiger partial charge in [0.1, 0.15) is 18.9 Å². The molecule has 0 aliphatic rings. The molecule has 0 bridgehead atoms. The van der Waals surface area contributed by atoms with Gasteiger partial charge in [-0.3, -0.25) is 10.1 Å². The summed E-state index contributed by atoms with van der Waals surface area (Å²) in [6.45, 7) is 0.968. The summed E-state index contributed by atoms with van der Waals surface area (Å²) >= 11 is 0. The van der Waals surface area contributed by atoms with E-state index in [0.717, 1.165) is 5.56 Å². The summed E-state index contributed by atoms with van der Waals surface area (Å²) < 4.78 is 10.5. The van der Waals surface area contributed by atoms with Gasteiger partial charge >= 0.3 is 5.97 Å². The van der Waals surface area contributed by atoms with Crippen LogP contribution < -0.4 is 22.0 Å². The van der Waals surface area contributed by atoms with E-state index >= 15 is 0 Å². The molecule has 0 fully saturated rings. The third-order valence-corrected chi connectivity index (χ3v) is 3.87. The van der Waals surface area contributed by atoms with Gasteiger partial charge in [-0.15, -0.1) is 0 Å². The second-order valence-electron chi connectivity index (χ2n) is 6.23. The molecule has 150 valence electrons. The van der Waals surface area contributed by atoms with Gasteiger partial charge in [0, 0.05) is 12.1 Å². The first-order valence-electron chi connectivity index (χ1n) is 8.47. The summed E-state index contributed by atoms with van der Waals surface area (Å²) in [4.78, 5) is 24.2. The Hall–Kier alpha value is -2.90. The summed E-state index contributed by atoms with van der Waals surface area (Å²) in [5.74, 6) is 0.237. The number of non-ortho nitro benzene ring substituents is 1. The first-order valence-corrected chi connectivity index (χ1v) is 8.47. The van der Waals surface area contributed by atoms with Gasteiger partial charge in [-0.2, -0.15) is 0 Å². The van der Waals surface area contributed by atoms with Crippen LogP contribution in [0.1, 0.15) is 11.1 Å². The highest BCUT2D eigenvalue weighted by Crippen LogP contribution is 2.23. The number of likely N-dealkylation sites (N-methyl/N-ethyl adjacent to an activating group) is 1. The van der Waals surface area contributed by atoms with Crippen molar-refractivity contribution in [2.24, 2.45) is 0 Å². The molecule has 0 aromatic heterocycles. The van der Waals surface area contributed by atoms with Crippen LogP contribution in [-0.4, -0.2) is 45.2 Å². The average Bonchev–Trinajstić information content (AvgIpc) is 2.66. The van der Waals surface area contributed by atoms with Crippen LogP contribution in [0.15, 0.2) is 48.5 Å². The van der Waals surface area contributed by atoms with Crippen LogP contribution in [0.5, 0.6) is 5.75 Å². The maximum Gasteiger partial charge on any atom is 0.338 e. The molecule has 7 nitrogen and oxygen atoms in total. The van der Waals surface area contributed by atoms with Crippen LogP contribution in [0.25, 0.3) is 11.6 Å². The molecule has 1 N–H and O–H groups in total. The third kappa shape index (κ3) is 6.68. The van der Waals surface area contributed by atoms with Crippen molar-refractivity contribution < 1.29 is 36.5 Å². The van der Waals surface area contributed by atoms with E-state index < -0.39 is 10.9 Å². The lowest BCUT2D eigenvalue weighted by Crippen LogP contribution is -3.06. The van der Waals surface area contributed by atoms with Gasteiger partial charge in [-0.1, -0.05) is 12.1 Å². The zero-order valence-corrected chi connectivity index (χ0v) is 16.7. The van der Waals surface area contributed by atoms with Gasteiger partial charge < -0.3 is 26.8 Å². The van der Waals surface area contributed by atoms with E-state index in [1.54, 1.807) is 37.5 Å². The Kier molecular flexibility index (Phi) is 9.14. The normalized spacial score (nSPS) is 10.9. The van der Waals surface area contributed by atoms with Crippen LogP contribution in [0, 0.1) is 10.1 Å². The fraction of sp³-hybridized carbons (Fsp3) is 0.250. The lowest BCUT2D eigenvalue weighted by molar-refractivity contribution is -0.858. The molecule has 0 spiro atoms. The molecule has 28 heavy (non-hydrogen) atoms. The molecule has 0 atom stereocenters. The topological polar surface area (TPSA) is 83.1 Å². The second kappa shape index (κ2) is 11.1. The molecule has 8 heteroatoms. The number of nitrogens with zero attached hydrogens (tertiary/aromatic N) is 1. The van der Waals surface area contributed by atoms with E-state index in [9.17, 15) is 14.9 Å². The number of nitro groups is 1. The van der Waals surface area contributed by atoms with Crippen molar-refractivity contribution in [2.45, 2.75) is 0 Å². The van der Waals surface area contributed by atoms with E-state index in [0.29, 0.717) is 23.4 Å². The summed E-state index contributed by atoms with van der Waals surface area (Å²) in [7, 11) is 5.52. The number of rotatable bonds is 8. The van der Waals surface area contributed by atoms with Crippen LogP contribution >= 0.6 is 0 Å². The van der Waals surface area contributed by atoms with E-state index in [1.807, 2.05) is 26.2 Å². The van der Waals surface area contributed by atoms with Crippen LogP contribution in [0.2, 0.25) is 0 Å². The van der Waals surface area contributed by atoms with Crippen molar-refractivity contribution in [1.29, 1.82) is 0 Å². The number of ether oxygens (including phenoxy) is 2. The van der Waals surface area contributed by atoms with Crippen molar-refractivity contribution in [3.8, 4) is 5.75 Å². The number of carbonyl (C=O) groups excluding carboxylic acids is 1. The van der Waals surface area contributed by atoms with E-state index in [1.165, 1.54) is 17.0 Å². The fourth-order valence-electron chi connectivity index (χ4n) is 2.32. The maximum atomic E-state index is 12.6. The molecule has 2 aromatic carbocycles. The molecule has 0 saturated carbocycles. The molecule has 0 aliphatic carbocycles. The van der Waals surface area contributed by atoms with Crippen molar-refractivity contribution in [1.82, 2.24) is 0 Å². The SMILES string of the molecule is COc1ccc(/C=C(/C(=O)OCC[NH+](C)C)c2ccc([N+](=O)[O-])cc2)cc1.[Cl-]. The third-order valence-electron chi connectivity index (χ3n) is 3.87. The number of halogens is 1. The molecule has 2 rings (SSSR count). The first-order chi connectivity index (χ1) is 12.9. The van der Waals surface area contributed by atoms with Crippen molar-refractivity contribution in [3.05, 3.63) is 69.8 Å². The number of hydrogen-bond donors (Lipinski definition) is 1. The molecule has 0 radical (unpaired) electrons. The Morgan fingerprint density at radius 2 is 1.71 bits per heavy atom. The van der Waals surface area contributed by atoms with Gasteiger partial charge in [0.25, 0.3) is 5.69 Å². The van der Waals surface area contributed by atoms with Gasteiger partial charge in [0.2, 0.25) is 0 Å². The highest BCUT2D eigenvalue weighted by Gasteiger charge is 2.16. The summed E-state index contributed by atoms with van der Waals surface area (Å²) in [6.07, 6.45) is 1.70. The molecule has 0 amide bonds. The number of nitro benzene ring substituents is 1. The number of esters is 1. The molecule has 0 aliphatic heterocycles. The lowest BCUT2D eigenvalue weighted by atomic mass is 10.0. The van der Waals surface area contributed by atoms with E-state index in [4.69, 9.17) is 9.47 Å². The first kappa shape index (κ1) is 23.1. The predicted molar refractivity (Wildman–Crippen MR) is 103 cm³/mol. The number of quaternary nitrogens is 1. The van der Waals surface area contributed by atoms with Crippen LogP contribution in [0.4, 0.5) is 5.69 Å². The monoisotopic (exact) mass is 406 g/mol. The minimum absolute atomic E-state index is 0. The quantitative estimate of drug-likeness (QED) is 0.196. The van der Waals surface area contributed by atoms with Gasteiger partial charge in [-0.05, 0) is 41.5 Å². The van der Waals surface area contributed by atoms with Crippen molar-refractivity contribution >= 4 is 23.3 Å². The number of hydrogen-bond acceptors (Lipinski definition) is 5. The van der Waals surface area contributed by atoms with Crippen molar-refractivity contribution in [2.75, 3.05) is 34.4 Å². The minimum atomic E-state index is -0.477. The van der Waals surface area contributed by atoms with Crippen LogP contribution in [0.3, 0.4) is 0 Å². The minimum Gasteiger partial charge on any atom is -1.00 e. The summed E-state index contributed by atoms with van der Waals surface area (Å²) in [6, 6.07) is 13.1. The molecule has 0 saturated heterocycles. The van der Waals surface area contributed by atoms with Crippen molar-refractivity contribution in [3.63, 3.8) is 0 Å². The Bertz CT molecular complexity index is 817. The van der Waals surface area contributed by atoms with E-state index in [2.05, 4.69) is 0 Å². The zero-order valence-electron chi connectivity index (χ0n) is 16.0. The largest absolute Gasteiger partial charge is 1.00 e. The lowest BCUT2D eigenvalue weighted by Gasteiger charge is -2.11. The molecule has 2 aromatic rings. The molecule has 0 heterocycles. The smallest absolute Gasteiger partial charge is 0.338 e. The zero-order chi connectivity index (χ0) is 19.8. The van der Waals surface area contributed by atoms with Gasteiger partial charge in [-0.25, -0.2) is 4.79 Å². The van der Waals surface area contributed by atoms with Crippen LogP contribution in [-0.2, 0) is 9.53 Å².